The molecule has 0 unspecified atom stereocenters. The van der Waals surface area contributed by atoms with Crippen LogP contribution in [0.3, 0.4) is 0 Å². The van der Waals surface area contributed by atoms with Gasteiger partial charge in [-0.05, 0) is 36.3 Å². The summed E-state index contributed by atoms with van der Waals surface area (Å²) in [7, 11) is 1.73. The number of hydrogen-bond acceptors (Lipinski definition) is 3. The largest absolute Gasteiger partial charge is 0.382 e. The van der Waals surface area contributed by atoms with Crippen molar-refractivity contribution in [1.82, 2.24) is 4.90 Å². The van der Waals surface area contributed by atoms with Gasteiger partial charge in [-0.25, -0.2) is 0 Å². The molecule has 1 aliphatic heterocycles. The van der Waals surface area contributed by atoms with E-state index in [0.29, 0.717) is 18.6 Å². The van der Waals surface area contributed by atoms with Gasteiger partial charge in [-0.1, -0.05) is 60.7 Å². The summed E-state index contributed by atoms with van der Waals surface area (Å²) in [5.41, 5.74) is 3.15. The molecule has 2 aliphatic rings. The summed E-state index contributed by atoms with van der Waals surface area (Å²) < 4.78 is 11.0. The van der Waals surface area contributed by atoms with Gasteiger partial charge in [0.15, 0.2) is 0 Å². The highest BCUT2D eigenvalue weighted by molar-refractivity contribution is 5.47. The average Bonchev–Trinajstić information content (AvgIpc) is 3.46. The average molecular weight is 366 g/mol. The van der Waals surface area contributed by atoms with Crippen LogP contribution in [-0.2, 0) is 14.9 Å². The minimum Gasteiger partial charge on any atom is -0.382 e. The first kappa shape index (κ1) is 18.7. The zero-order valence-electron chi connectivity index (χ0n) is 16.3. The molecular weight excluding hydrogens is 334 g/mol. The predicted molar refractivity (Wildman–Crippen MR) is 109 cm³/mol. The summed E-state index contributed by atoms with van der Waals surface area (Å²) in [5.74, 6) is 0.702. The van der Waals surface area contributed by atoms with Crippen LogP contribution in [0.15, 0.2) is 60.7 Å². The fraction of sp³-hybridized carbons (Fsp3) is 0.500. The molecule has 2 aromatic carbocycles. The molecule has 1 atom stereocenters. The zero-order chi connectivity index (χ0) is 18.5. The van der Waals surface area contributed by atoms with Crippen molar-refractivity contribution in [2.24, 2.45) is 5.92 Å². The third-order valence-corrected chi connectivity index (χ3v) is 6.34. The van der Waals surface area contributed by atoms with Crippen LogP contribution in [0.5, 0.6) is 0 Å². The Morgan fingerprint density at radius 1 is 0.889 bits per heavy atom. The van der Waals surface area contributed by atoms with Gasteiger partial charge in [-0.3, -0.25) is 0 Å². The molecule has 1 saturated carbocycles. The SMILES string of the molecule is COCCOC1CCN(C[C@@H]2CC2(c2ccccc2)c2ccccc2)CC1. The van der Waals surface area contributed by atoms with Gasteiger partial charge in [0.25, 0.3) is 0 Å². The van der Waals surface area contributed by atoms with Gasteiger partial charge in [0.05, 0.1) is 19.3 Å². The first-order chi connectivity index (χ1) is 13.3. The van der Waals surface area contributed by atoms with Gasteiger partial charge in [0.1, 0.15) is 0 Å². The molecule has 0 N–H and O–H groups in total. The molecule has 2 fully saturated rings. The van der Waals surface area contributed by atoms with Crippen LogP contribution in [0, 0.1) is 5.92 Å². The Bertz CT molecular complexity index is 655. The fourth-order valence-electron chi connectivity index (χ4n) is 4.76. The summed E-state index contributed by atoms with van der Waals surface area (Å²) >= 11 is 0. The first-order valence-electron chi connectivity index (χ1n) is 10.3. The number of nitrogens with zero attached hydrogens (tertiary/aromatic N) is 1. The molecule has 0 radical (unpaired) electrons. The molecule has 1 saturated heterocycles. The summed E-state index contributed by atoms with van der Waals surface area (Å²) in [5, 5.41) is 0. The summed E-state index contributed by atoms with van der Waals surface area (Å²) in [4.78, 5) is 2.65. The Labute approximate surface area is 163 Å². The van der Waals surface area contributed by atoms with Crippen LogP contribution >= 0.6 is 0 Å². The summed E-state index contributed by atoms with van der Waals surface area (Å²) in [6.45, 7) is 4.89. The molecule has 1 aliphatic carbocycles. The number of ether oxygens (including phenoxy) is 2. The van der Waals surface area contributed by atoms with Crippen LogP contribution in [-0.4, -0.2) is 51.0 Å². The van der Waals surface area contributed by atoms with Gasteiger partial charge in [-0.15, -0.1) is 0 Å². The van der Waals surface area contributed by atoms with E-state index in [-0.39, 0.29) is 5.41 Å². The second kappa shape index (κ2) is 8.55. The van der Waals surface area contributed by atoms with E-state index in [0.717, 1.165) is 32.5 Å². The Hall–Kier alpha value is -1.68. The smallest absolute Gasteiger partial charge is 0.0704 e. The van der Waals surface area contributed by atoms with Crippen LogP contribution in [0.4, 0.5) is 0 Å². The van der Waals surface area contributed by atoms with Crippen LogP contribution in [0.1, 0.15) is 30.4 Å². The highest BCUT2D eigenvalue weighted by Gasteiger charge is 2.56. The van der Waals surface area contributed by atoms with Gasteiger partial charge in [0, 0.05) is 32.2 Å². The molecule has 144 valence electrons. The lowest BCUT2D eigenvalue weighted by atomic mass is 9.85. The molecule has 4 rings (SSSR count). The lowest BCUT2D eigenvalue weighted by Gasteiger charge is -2.32. The highest BCUT2D eigenvalue weighted by Crippen LogP contribution is 2.59. The molecule has 1 heterocycles. The standard InChI is InChI=1S/C24H31NO2/c1-26-16-17-27-23-12-14-25(15-13-23)19-22-18-24(22,20-8-4-2-5-9-20)21-10-6-3-7-11-21/h2-11,22-23H,12-19H2,1H3/t22-/m0/s1. The Kier molecular flexibility index (Phi) is 5.92. The Morgan fingerprint density at radius 3 is 2.04 bits per heavy atom. The lowest BCUT2D eigenvalue weighted by Crippen LogP contribution is -2.39. The van der Waals surface area contributed by atoms with E-state index in [1.807, 2.05) is 0 Å². The topological polar surface area (TPSA) is 21.7 Å². The van der Waals surface area contributed by atoms with Gasteiger partial charge < -0.3 is 14.4 Å². The molecule has 0 amide bonds. The van der Waals surface area contributed by atoms with Gasteiger partial charge in [0.2, 0.25) is 0 Å². The number of rotatable bonds is 8. The second-order valence-electron chi connectivity index (χ2n) is 7.97. The number of piperidine rings is 1. The molecular formula is C24H31NO2. The van der Waals surface area contributed by atoms with E-state index in [9.17, 15) is 0 Å². The maximum atomic E-state index is 5.92. The Balaban J connectivity index is 1.39. The molecule has 0 spiro atoms. The normalized spacial score (nSPS) is 22.6. The van der Waals surface area contributed by atoms with E-state index in [2.05, 4.69) is 65.6 Å². The van der Waals surface area contributed by atoms with Crippen molar-refractivity contribution in [3.8, 4) is 0 Å². The van der Waals surface area contributed by atoms with Crippen molar-refractivity contribution in [2.75, 3.05) is 40.0 Å². The van der Waals surface area contributed by atoms with E-state index in [1.54, 1.807) is 7.11 Å². The minimum absolute atomic E-state index is 0.203. The molecule has 0 bridgehead atoms. The van der Waals surface area contributed by atoms with Crippen molar-refractivity contribution in [1.29, 1.82) is 0 Å². The molecule has 27 heavy (non-hydrogen) atoms. The minimum atomic E-state index is 0.203. The van der Waals surface area contributed by atoms with Crippen LogP contribution < -0.4 is 0 Å². The lowest BCUT2D eigenvalue weighted by molar-refractivity contribution is -0.0153. The molecule has 0 aromatic heterocycles. The Morgan fingerprint density at radius 2 is 1.48 bits per heavy atom. The first-order valence-corrected chi connectivity index (χ1v) is 10.3. The van der Waals surface area contributed by atoms with Gasteiger partial charge in [-0.2, -0.15) is 0 Å². The maximum Gasteiger partial charge on any atom is 0.0704 e. The fourth-order valence-corrected chi connectivity index (χ4v) is 4.76. The zero-order valence-corrected chi connectivity index (χ0v) is 16.3. The number of benzene rings is 2. The predicted octanol–water partition coefficient (Wildman–Crippen LogP) is 4.12. The highest BCUT2D eigenvalue weighted by atomic mass is 16.5. The maximum absolute atomic E-state index is 5.92. The number of likely N-dealkylation sites (tertiary alicyclic amines) is 1. The van der Waals surface area contributed by atoms with E-state index >= 15 is 0 Å². The number of hydrogen-bond donors (Lipinski definition) is 0. The second-order valence-corrected chi connectivity index (χ2v) is 7.97. The van der Waals surface area contributed by atoms with Crippen molar-refractivity contribution in [3.05, 3.63) is 71.8 Å². The van der Waals surface area contributed by atoms with E-state index in [4.69, 9.17) is 9.47 Å². The van der Waals surface area contributed by atoms with Crippen molar-refractivity contribution >= 4 is 0 Å². The molecule has 3 heteroatoms. The van der Waals surface area contributed by atoms with Crippen LogP contribution in [0.2, 0.25) is 0 Å². The van der Waals surface area contributed by atoms with Crippen molar-refractivity contribution in [2.45, 2.75) is 30.8 Å². The monoisotopic (exact) mass is 365 g/mol. The third-order valence-electron chi connectivity index (χ3n) is 6.34. The third kappa shape index (κ3) is 4.11. The van der Waals surface area contributed by atoms with Gasteiger partial charge >= 0.3 is 0 Å². The van der Waals surface area contributed by atoms with E-state index < -0.39 is 0 Å². The van der Waals surface area contributed by atoms with Crippen molar-refractivity contribution in [3.63, 3.8) is 0 Å². The summed E-state index contributed by atoms with van der Waals surface area (Å²) in [6, 6.07) is 22.2. The number of methoxy groups -OCH3 is 1. The quantitative estimate of drug-likeness (QED) is 0.657. The summed E-state index contributed by atoms with van der Waals surface area (Å²) in [6.07, 6.45) is 3.94. The van der Waals surface area contributed by atoms with Crippen LogP contribution in [0.25, 0.3) is 0 Å². The van der Waals surface area contributed by atoms with E-state index in [1.165, 1.54) is 24.1 Å². The van der Waals surface area contributed by atoms with Crippen molar-refractivity contribution < 1.29 is 9.47 Å². The molecule has 2 aromatic rings. The molecule has 3 nitrogen and oxygen atoms in total.